The third-order valence-corrected chi connectivity index (χ3v) is 4.47. The molecule has 2 aliphatic carbocycles. The van der Waals surface area contributed by atoms with Gasteiger partial charge in [-0.15, -0.1) is 0 Å². The molecule has 2 N–H and O–H groups in total. The predicted molar refractivity (Wildman–Crippen MR) is 71.2 cm³/mol. The molecule has 0 bridgehead atoms. The first-order valence-corrected chi connectivity index (χ1v) is 7.30. The van der Waals surface area contributed by atoms with Crippen LogP contribution in [0.3, 0.4) is 0 Å². The number of aromatic nitrogens is 2. The highest BCUT2D eigenvalue weighted by Gasteiger charge is 2.53. The number of rotatable bonds is 3. The Bertz CT molecular complexity index is 649. The van der Waals surface area contributed by atoms with E-state index >= 15 is 0 Å². The normalized spacial score (nSPS) is 22.2. The molecule has 0 radical (unpaired) electrons. The van der Waals surface area contributed by atoms with Gasteiger partial charge in [0.1, 0.15) is 5.54 Å². The molecule has 9 heteroatoms. The fourth-order valence-corrected chi connectivity index (χ4v) is 2.99. The van der Waals surface area contributed by atoms with Crippen LogP contribution in [0.15, 0.2) is 0 Å². The lowest BCUT2D eigenvalue weighted by Gasteiger charge is -2.24. The van der Waals surface area contributed by atoms with Crippen LogP contribution in [-0.2, 0) is 33.3 Å². The maximum absolute atomic E-state index is 12.9. The monoisotopic (exact) mass is 331 g/mol. The van der Waals surface area contributed by atoms with Crippen LogP contribution in [-0.4, -0.2) is 34.7 Å². The van der Waals surface area contributed by atoms with Crippen molar-refractivity contribution in [1.82, 2.24) is 15.5 Å². The lowest BCUT2D eigenvalue weighted by Crippen LogP contribution is -2.47. The highest BCUT2D eigenvalue weighted by Crippen LogP contribution is 2.39. The molecule has 0 aromatic carbocycles. The van der Waals surface area contributed by atoms with E-state index < -0.39 is 35.2 Å². The van der Waals surface area contributed by atoms with E-state index in [1.165, 1.54) is 7.11 Å². The van der Waals surface area contributed by atoms with Crippen LogP contribution in [0.2, 0.25) is 0 Å². The summed E-state index contributed by atoms with van der Waals surface area (Å²) in [5.74, 6) is -1.53. The van der Waals surface area contributed by atoms with E-state index in [2.05, 4.69) is 20.3 Å². The molecule has 1 aromatic heterocycles. The van der Waals surface area contributed by atoms with Gasteiger partial charge in [0.25, 0.3) is 0 Å². The molecule has 6 nitrogen and oxygen atoms in total. The Morgan fingerprint density at radius 3 is 2.65 bits per heavy atom. The molecule has 1 saturated carbocycles. The van der Waals surface area contributed by atoms with Crippen molar-refractivity contribution < 1.29 is 27.5 Å². The Kier molecular flexibility index (Phi) is 3.61. The smallest absolute Gasteiger partial charge is 0.435 e. The average Bonchev–Trinajstić information content (AvgIpc) is 3.13. The number of aryl methyl sites for hydroxylation is 1. The average molecular weight is 331 g/mol. The van der Waals surface area contributed by atoms with Gasteiger partial charge in [0.15, 0.2) is 5.69 Å². The zero-order chi connectivity index (χ0) is 16.8. The lowest BCUT2D eigenvalue weighted by atomic mass is 9.85. The number of hydrogen-bond acceptors (Lipinski definition) is 4. The maximum atomic E-state index is 12.9. The summed E-state index contributed by atoms with van der Waals surface area (Å²) < 4.78 is 43.4. The van der Waals surface area contributed by atoms with Crippen LogP contribution < -0.4 is 5.32 Å². The number of carbonyl (C=O) groups excluding carboxylic acids is 2. The van der Waals surface area contributed by atoms with Crippen molar-refractivity contribution in [2.24, 2.45) is 5.92 Å². The van der Waals surface area contributed by atoms with Gasteiger partial charge in [0.05, 0.1) is 7.11 Å². The van der Waals surface area contributed by atoms with Crippen molar-refractivity contribution in [2.45, 2.75) is 43.8 Å². The minimum absolute atomic E-state index is 0.0379. The first-order valence-electron chi connectivity index (χ1n) is 7.30. The maximum Gasteiger partial charge on any atom is 0.435 e. The van der Waals surface area contributed by atoms with Crippen molar-refractivity contribution in [3.63, 3.8) is 0 Å². The summed E-state index contributed by atoms with van der Waals surface area (Å²) in [6.45, 7) is 0. The van der Waals surface area contributed by atoms with E-state index in [0.717, 1.165) is 0 Å². The van der Waals surface area contributed by atoms with Gasteiger partial charge >= 0.3 is 12.1 Å². The Morgan fingerprint density at radius 2 is 2.09 bits per heavy atom. The van der Waals surface area contributed by atoms with Crippen LogP contribution in [0.1, 0.15) is 36.2 Å². The van der Waals surface area contributed by atoms with Crippen molar-refractivity contribution in [2.75, 3.05) is 7.11 Å². The standard InChI is InChI=1S/C14H16F3N3O3/c1-23-12(22)13(4-5-13)18-11(21)7-2-3-9-8(6-7)10(20-19-9)14(15,16)17/h7H,2-6H2,1H3,(H,18,21)(H,19,20)/t7-/m0/s1. The van der Waals surface area contributed by atoms with Crippen LogP contribution in [0.4, 0.5) is 13.2 Å². The quantitative estimate of drug-likeness (QED) is 0.819. The summed E-state index contributed by atoms with van der Waals surface area (Å²) in [6.07, 6.45) is -2.88. The molecule has 1 atom stereocenters. The predicted octanol–water partition coefficient (Wildman–Crippen LogP) is 1.36. The van der Waals surface area contributed by atoms with Crippen LogP contribution in [0.25, 0.3) is 0 Å². The number of nitrogens with zero attached hydrogens (tertiary/aromatic N) is 1. The largest absolute Gasteiger partial charge is 0.467 e. The number of nitrogens with one attached hydrogen (secondary N) is 2. The molecule has 0 unspecified atom stereocenters. The van der Waals surface area contributed by atoms with E-state index in [0.29, 0.717) is 31.4 Å². The van der Waals surface area contributed by atoms with Gasteiger partial charge in [-0.1, -0.05) is 0 Å². The second kappa shape index (κ2) is 5.24. The molecule has 126 valence electrons. The number of ether oxygens (including phenoxy) is 1. The molecule has 23 heavy (non-hydrogen) atoms. The molecule has 2 aliphatic rings. The number of H-pyrrole nitrogens is 1. The highest BCUT2D eigenvalue weighted by atomic mass is 19.4. The second-order valence-electron chi connectivity index (χ2n) is 6.03. The summed E-state index contributed by atoms with van der Waals surface area (Å²) in [5.41, 5.74) is -1.48. The fraction of sp³-hybridized carbons (Fsp3) is 0.643. The molecule has 1 amide bonds. The number of alkyl halides is 3. The Labute approximate surface area is 129 Å². The zero-order valence-electron chi connectivity index (χ0n) is 12.4. The summed E-state index contributed by atoms with van der Waals surface area (Å²) in [6, 6.07) is 0. The fourth-order valence-electron chi connectivity index (χ4n) is 2.99. The first kappa shape index (κ1) is 15.8. The van der Waals surface area contributed by atoms with Crippen molar-refractivity contribution in [3.05, 3.63) is 17.0 Å². The zero-order valence-corrected chi connectivity index (χ0v) is 12.4. The summed E-state index contributed by atoms with van der Waals surface area (Å²) in [4.78, 5) is 24.0. The first-order chi connectivity index (χ1) is 10.8. The van der Waals surface area contributed by atoms with Crippen molar-refractivity contribution in [3.8, 4) is 0 Å². The van der Waals surface area contributed by atoms with Crippen LogP contribution >= 0.6 is 0 Å². The van der Waals surface area contributed by atoms with E-state index in [4.69, 9.17) is 0 Å². The van der Waals surface area contributed by atoms with Crippen LogP contribution in [0.5, 0.6) is 0 Å². The number of esters is 1. The molecule has 0 saturated heterocycles. The molecule has 0 aliphatic heterocycles. The Balaban J connectivity index is 1.73. The number of methoxy groups -OCH3 is 1. The number of carbonyl (C=O) groups is 2. The van der Waals surface area contributed by atoms with Crippen molar-refractivity contribution in [1.29, 1.82) is 0 Å². The molecule has 0 spiro atoms. The van der Waals surface area contributed by atoms with Crippen molar-refractivity contribution >= 4 is 11.9 Å². The van der Waals surface area contributed by atoms with E-state index in [-0.39, 0.29) is 12.0 Å². The number of halogens is 3. The summed E-state index contributed by atoms with van der Waals surface area (Å²) >= 11 is 0. The number of aromatic amines is 1. The van der Waals surface area contributed by atoms with Gasteiger partial charge in [0, 0.05) is 17.2 Å². The van der Waals surface area contributed by atoms with Gasteiger partial charge in [0.2, 0.25) is 5.91 Å². The summed E-state index contributed by atoms with van der Waals surface area (Å²) in [5, 5.41) is 8.38. The molecular formula is C14H16F3N3O3. The minimum atomic E-state index is -4.55. The number of fused-ring (bicyclic) bond motifs is 1. The minimum Gasteiger partial charge on any atom is -0.467 e. The highest BCUT2D eigenvalue weighted by molar-refractivity contribution is 5.91. The third kappa shape index (κ3) is 2.79. The number of amides is 1. The van der Waals surface area contributed by atoms with Crippen LogP contribution in [0, 0.1) is 5.92 Å². The molecular weight excluding hydrogens is 315 g/mol. The Morgan fingerprint density at radius 1 is 1.39 bits per heavy atom. The van der Waals surface area contributed by atoms with Gasteiger partial charge in [-0.05, 0) is 32.1 Å². The Hall–Kier alpha value is -2.06. The third-order valence-electron chi connectivity index (χ3n) is 4.47. The van der Waals surface area contributed by atoms with Gasteiger partial charge in [-0.3, -0.25) is 9.89 Å². The lowest BCUT2D eigenvalue weighted by molar-refractivity contribution is -0.147. The van der Waals surface area contributed by atoms with Gasteiger partial charge in [-0.2, -0.15) is 18.3 Å². The van der Waals surface area contributed by atoms with E-state index in [1.807, 2.05) is 0 Å². The molecule has 1 heterocycles. The van der Waals surface area contributed by atoms with Gasteiger partial charge < -0.3 is 10.1 Å². The van der Waals surface area contributed by atoms with E-state index in [9.17, 15) is 22.8 Å². The molecule has 3 rings (SSSR count). The van der Waals surface area contributed by atoms with Gasteiger partial charge in [-0.25, -0.2) is 4.79 Å². The number of hydrogen-bond donors (Lipinski definition) is 2. The molecule has 1 fully saturated rings. The SMILES string of the molecule is COC(=O)C1(NC(=O)[C@H]2CCc3[nH]nc(C(F)(F)F)c3C2)CC1. The second-order valence-corrected chi connectivity index (χ2v) is 6.03. The van der Waals surface area contributed by atoms with E-state index in [1.54, 1.807) is 0 Å². The summed E-state index contributed by atoms with van der Waals surface area (Å²) in [7, 11) is 1.24. The molecule has 1 aromatic rings. The topological polar surface area (TPSA) is 84.1 Å².